The van der Waals surface area contributed by atoms with Crippen molar-refractivity contribution >= 4 is 14.3 Å². The van der Waals surface area contributed by atoms with Gasteiger partial charge >= 0.3 is 5.97 Å². The van der Waals surface area contributed by atoms with Crippen LogP contribution in [0.4, 0.5) is 0 Å². The molecule has 20 heavy (non-hydrogen) atoms. The van der Waals surface area contributed by atoms with Crippen molar-refractivity contribution < 1.29 is 14.0 Å². The van der Waals surface area contributed by atoms with Crippen molar-refractivity contribution in [2.45, 2.75) is 52.4 Å². The van der Waals surface area contributed by atoms with Crippen LogP contribution in [-0.2, 0) is 15.7 Å². The normalized spacial score (nSPS) is 12.5. The molecule has 0 aliphatic rings. The number of carbonyl (C=O) groups excluding carboxylic acids is 1. The molecule has 1 aromatic rings. The van der Waals surface area contributed by atoms with Gasteiger partial charge in [-0.05, 0) is 25.1 Å². The summed E-state index contributed by atoms with van der Waals surface area (Å²) >= 11 is 0. The number of ether oxygens (including phenoxy) is 1. The zero-order valence-electron chi connectivity index (χ0n) is 13.4. The van der Waals surface area contributed by atoms with Crippen LogP contribution in [0.15, 0.2) is 12.4 Å². The summed E-state index contributed by atoms with van der Waals surface area (Å²) in [5.74, 6) is -0.0458. The monoisotopic (exact) mass is 298 g/mol. The van der Waals surface area contributed by atoms with Crippen LogP contribution < -0.4 is 0 Å². The van der Waals surface area contributed by atoms with E-state index in [1.165, 1.54) is 0 Å². The molecule has 0 radical (unpaired) electrons. The van der Waals surface area contributed by atoms with Crippen LogP contribution in [0.5, 0.6) is 0 Å². The van der Waals surface area contributed by atoms with E-state index in [4.69, 9.17) is 9.16 Å². The molecule has 0 amide bonds. The highest BCUT2D eigenvalue weighted by Crippen LogP contribution is 2.36. The molecule has 0 N–H and O–H groups in total. The third kappa shape index (κ3) is 4.18. The summed E-state index contributed by atoms with van der Waals surface area (Å²) in [7, 11) is -1.75. The minimum Gasteiger partial charge on any atom is -0.460 e. The van der Waals surface area contributed by atoms with Crippen LogP contribution in [0.1, 0.15) is 38.3 Å². The SMILES string of the molecule is CCOC(=O)c1nccn1CCO[Si](C)(C)C(C)(C)C. The number of esters is 1. The van der Waals surface area contributed by atoms with Gasteiger partial charge in [0, 0.05) is 18.9 Å². The summed E-state index contributed by atoms with van der Waals surface area (Å²) in [5, 5.41) is 0.186. The van der Waals surface area contributed by atoms with Crippen LogP contribution in [0, 0.1) is 0 Å². The molecule has 0 saturated carbocycles. The number of aromatic nitrogens is 2. The van der Waals surface area contributed by atoms with E-state index in [9.17, 15) is 4.79 Å². The van der Waals surface area contributed by atoms with E-state index in [-0.39, 0.29) is 11.0 Å². The van der Waals surface area contributed by atoms with Crippen LogP contribution in [0.25, 0.3) is 0 Å². The fourth-order valence-corrected chi connectivity index (χ4v) is 2.53. The molecule has 6 heteroatoms. The first-order valence-corrected chi connectivity index (χ1v) is 9.92. The molecule has 0 unspecified atom stereocenters. The number of hydrogen-bond donors (Lipinski definition) is 0. The lowest BCUT2D eigenvalue weighted by Crippen LogP contribution is -2.41. The average molecular weight is 298 g/mol. The Kier molecular flexibility index (Phi) is 5.53. The zero-order chi connectivity index (χ0) is 15.4. The molecular weight excluding hydrogens is 272 g/mol. The van der Waals surface area contributed by atoms with Gasteiger partial charge in [-0.25, -0.2) is 9.78 Å². The molecule has 0 aliphatic heterocycles. The Bertz CT molecular complexity index is 450. The van der Waals surface area contributed by atoms with Gasteiger partial charge in [0.2, 0.25) is 5.82 Å². The van der Waals surface area contributed by atoms with Crippen molar-refractivity contribution in [3.05, 3.63) is 18.2 Å². The van der Waals surface area contributed by atoms with Gasteiger partial charge in [0.25, 0.3) is 0 Å². The second kappa shape index (κ2) is 6.54. The first-order valence-electron chi connectivity index (χ1n) is 7.01. The lowest BCUT2D eigenvalue weighted by atomic mass is 10.2. The van der Waals surface area contributed by atoms with Crippen LogP contribution in [0.3, 0.4) is 0 Å². The first kappa shape index (κ1) is 16.9. The molecule has 1 rings (SSSR count). The van der Waals surface area contributed by atoms with Gasteiger partial charge in [0.15, 0.2) is 8.32 Å². The molecule has 0 aliphatic carbocycles. The van der Waals surface area contributed by atoms with E-state index >= 15 is 0 Å². The summed E-state index contributed by atoms with van der Waals surface area (Å²) in [4.78, 5) is 15.8. The molecule has 0 spiro atoms. The van der Waals surface area contributed by atoms with Gasteiger partial charge in [-0.15, -0.1) is 0 Å². The number of hydrogen-bond acceptors (Lipinski definition) is 4. The smallest absolute Gasteiger partial charge is 0.374 e. The number of nitrogens with zero attached hydrogens (tertiary/aromatic N) is 2. The zero-order valence-corrected chi connectivity index (χ0v) is 14.4. The van der Waals surface area contributed by atoms with Crippen molar-refractivity contribution in [2.24, 2.45) is 0 Å². The predicted molar refractivity (Wildman–Crippen MR) is 81.3 cm³/mol. The molecule has 1 aromatic heterocycles. The van der Waals surface area contributed by atoms with Gasteiger partial charge in [0.05, 0.1) is 13.2 Å². The minimum atomic E-state index is -1.75. The van der Waals surface area contributed by atoms with Crippen molar-refractivity contribution in [1.82, 2.24) is 9.55 Å². The summed E-state index contributed by atoms with van der Waals surface area (Å²) in [6.45, 7) is 14.4. The van der Waals surface area contributed by atoms with E-state index in [0.717, 1.165) is 0 Å². The maximum atomic E-state index is 11.7. The summed E-state index contributed by atoms with van der Waals surface area (Å²) in [6.07, 6.45) is 3.39. The number of carbonyl (C=O) groups is 1. The molecule has 114 valence electrons. The quantitative estimate of drug-likeness (QED) is 0.598. The van der Waals surface area contributed by atoms with Gasteiger partial charge in [-0.1, -0.05) is 20.8 Å². The van der Waals surface area contributed by atoms with Crippen LogP contribution in [-0.4, -0.2) is 37.1 Å². The third-order valence-electron chi connectivity index (χ3n) is 3.77. The van der Waals surface area contributed by atoms with E-state index in [2.05, 4.69) is 38.8 Å². The predicted octanol–water partition coefficient (Wildman–Crippen LogP) is 3.08. The molecule has 0 saturated heterocycles. The fourth-order valence-electron chi connectivity index (χ4n) is 1.49. The highest BCUT2D eigenvalue weighted by molar-refractivity contribution is 6.74. The Morgan fingerprint density at radius 3 is 2.60 bits per heavy atom. The van der Waals surface area contributed by atoms with Gasteiger partial charge < -0.3 is 13.7 Å². The second-order valence-corrected chi connectivity index (χ2v) is 11.1. The topological polar surface area (TPSA) is 53.3 Å². The van der Waals surface area contributed by atoms with Crippen LogP contribution in [0.2, 0.25) is 18.1 Å². The largest absolute Gasteiger partial charge is 0.460 e. The maximum Gasteiger partial charge on any atom is 0.374 e. The van der Waals surface area contributed by atoms with Crippen molar-refractivity contribution in [3.63, 3.8) is 0 Å². The second-order valence-electron chi connectivity index (χ2n) is 6.27. The Hall–Kier alpha value is -1.14. The molecule has 0 fully saturated rings. The van der Waals surface area contributed by atoms with Crippen molar-refractivity contribution in [1.29, 1.82) is 0 Å². The van der Waals surface area contributed by atoms with E-state index in [1.807, 2.05) is 0 Å². The Morgan fingerprint density at radius 2 is 2.05 bits per heavy atom. The molecule has 0 aromatic carbocycles. The first-order chi connectivity index (χ1) is 9.19. The fraction of sp³-hybridized carbons (Fsp3) is 0.714. The highest BCUT2D eigenvalue weighted by Gasteiger charge is 2.36. The van der Waals surface area contributed by atoms with Gasteiger partial charge in [-0.2, -0.15) is 0 Å². The van der Waals surface area contributed by atoms with Crippen molar-refractivity contribution in [2.75, 3.05) is 13.2 Å². The lowest BCUT2D eigenvalue weighted by Gasteiger charge is -2.36. The van der Waals surface area contributed by atoms with E-state index in [0.29, 0.717) is 25.6 Å². The molecule has 1 heterocycles. The van der Waals surface area contributed by atoms with E-state index < -0.39 is 8.32 Å². The molecular formula is C14H26N2O3Si. The molecule has 5 nitrogen and oxygen atoms in total. The Labute approximate surface area is 122 Å². The third-order valence-corrected chi connectivity index (χ3v) is 8.31. The standard InChI is InChI=1S/C14H26N2O3Si/c1-7-18-13(17)12-15-8-9-16(12)10-11-19-20(5,6)14(2,3)4/h8-9H,7,10-11H2,1-6H3. The molecule has 0 atom stereocenters. The summed E-state index contributed by atoms with van der Waals surface area (Å²) < 4.78 is 12.9. The highest BCUT2D eigenvalue weighted by atomic mass is 28.4. The molecule has 0 bridgehead atoms. The average Bonchev–Trinajstić information content (AvgIpc) is 2.76. The maximum absolute atomic E-state index is 11.7. The van der Waals surface area contributed by atoms with Gasteiger partial charge in [-0.3, -0.25) is 0 Å². The number of rotatable bonds is 6. The van der Waals surface area contributed by atoms with Crippen molar-refractivity contribution in [3.8, 4) is 0 Å². The minimum absolute atomic E-state index is 0.186. The van der Waals surface area contributed by atoms with Gasteiger partial charge in [0.1, 0.15) is 0 Å². The van der Waals surface area contributed by atoms with E-state index in [1.54, 1.807) is 23.9 Å². The summed E-state index contributed by atoms with van der Waals surface area (Å²) in [5.41, 5.74) is 0. The number of imidazole rings is 1. The summed E-state index contributed by atoms with van der Waals surface area (Å²) in [6, 6.07) is 0. The Balaban J connectivity index is 2.60. The van der Waals surface area contributed by atoms with Crippen LogP contribution >= 0.6 is 0 Å². The Morgan fingerprint density at radius 1 is 1.40 bits per heavy atom. The lowest BCUT2D eigenvalue weighted by molar-refractivity contribution is 0.0505.